The first-order valence-corrected chi connectivity index (χ1v) is 6.33. The highest BCUT2D eigenvalue weighted by Crippen LogP contribution is 2.13. The molecule has 1 atom stereocenters. The molecule has 5 heteroatoms. The number of carbonyl (C=O) groups excluding carboxylic acids is 1. The summed E-state index contributed by atoms with van der Waals surface area (Å²) < 4.78 is 5.66. The summed E-state index contributed by atoms with van der Waals surface area (Å²) in [5, 5.41) is 0. The van der Waals surface area contributed by atoms with Crippen molar-refractivity contribution in [2.75, 3.05) is 25.4 Å². The molecule has 0 radical (unpaired) electrons. The Kier molecular flexibility index (Phi) is 4.15. The van der Waals surface area contributed by atoms with Crippen molar-refractivity contribution in [2.24, 2.45) is 0 Å². The lowest BCUT2D eigenvalue weighted by molar-refractivity contribution is 0.0460. The van der Waals surface area contributed by atoms with Crippen LogP contribution < -0.4 is 5.73 Å². The van der Waals surface area contributed by atoms with E-state index in [9.17, 15) is 4.79 Å². The first-order chi connectivity index (χ1) is 8.70. The van der Waals surface area contributed by atoms with Crippen LogP contribution in [0.3, 0.4) is 0 Å². The minimum absolute atomic E-state index is 0.00745. The Labute approximate surface area is 107 Å². The predicted molar refractivity (Wildman–Crippen MR) is 69.2 cm³/mol. The number of nitrogen functional groups attached to an aromatic ring is 1. The van der Waals surface area contributed by atoms with Crippen molar-refractivity contribution in [3.8, 4) is 0 Å². The van der Waals surface area contributed by atoms with E-state index in [-0.39, 0.29) is 12.0 Å². The normalized spacial score (nSPS) is 20.5. The van der Waals surface area contributed by atoms with Crippen molar-refractivity contribution in [1.82, 2.24) is 9.88 Å². The predicted octanol–water partition coefficient (Wildman–Crippen LogP) is 1.30. The zero-order valence-corrected chi connectivity index (χ0v) is 10.6. The van der Waals surface area contributed by atoms with Crippen LogP contribution in [0.4, 0.5) is 5.82 Å². The fourth-order valence-corrected chi connectivity index (χ4v) is 2.09. The maximum absolute atomic E-state index is 12.4. The van der Waals surface area contributed by atoms with Gasteiger partial charge in [-0.3, -0.25) is 4.79 Å². The van der Waals surface area contributed by atoms with Gasteiger partial charge in [0.25, 0.3) is 5.91 Å². The van der Waals surface area contributed by atoms with Gasteiger partial charge in [0.05, 0.1) is 6.10 Å². The van der Waals surface area contributed by atoms with Crippen LogP contribution in [0.15, 0.2) is 18.3 Å². The molecule has 0 saturated carbocycles. The van der Waals surface area contributed by atoms with Gasteiger partial charge in [0.15, 0.2) is 0 Å². The van der Waals surface area contributed by atoms with Gasteiger partial charge in [-0.2, -0.15) is 0 Å². The number of ether oxygens (including phenoxy) is 1. The number of nitrogens with zero attached hydrogens (tertiary/aromatic N) is 2. The van der Waals surface area contributed by atoms with Crippen molar-refractivity contribution in [3.63, 3.8) is 0 Å². The molecular formula is C13H19N3O2. The molecule has 18 heavy (non-hydrogen) atoms. The third-order valence-corrected chi connectivity index (χ3v) is 3.12. The Morgan fingerprint density at radius 1 is 1.67 bits per heavy atom. The van der Waals surface area contributed by atoms with E-state index in [0.717, 1.165) is 26.0 Å². The van der Waals surface area contributed by atoms with Crippen molar-refractivity contribution < 1.29 is 9.53 Å². The minimum atomic E-state index is 0.00745. The van der Waals surface area contributed by atoms with Gasteiger partial charge in [-0.25, -0.2) is 4.98 Å². The number of nitrogens with two attached hydrogens (primary N) is 1. The molecule has 1 unspecified atom stereocenters. The van der Waals surface area contributed by atoms with Crippen LogP contribution in [0, 0.1) is 0 Å². The highest BCUT2D eigenvalue weighted by molar-refractivity contribution is 5.94. The Hall–Kier alpha value is -1.62. The summed E-state index contributed by atoms with van der Waals surface area (Å²) in [5.74, 6) is 0.381. The first-order valence-electron chi connectivity index (χ1n) is 6.33. The molecule has 5 nitrogen and oxygen atoms in total. The van der Waals surface area contributed by atoms with Crippen molar-refractivity contribution in [1.29, 1.82) is 0 Å². The number of anilines is 1. The summed E-state index contributed by atoms with van der Waals surface area (Å²) in [6, 6.07) is 3.32. The number of pyridine rings is 1. The van der Waals surface area contributed by atoms with E-state index in [1.807, 2.05) is 4.90 Å². The lowest BCUT2D eigenvalue weighted by Gasteiger charge is -2.23. The minimum Gasteiger partial charge on any atom is -0.384 e. The molecule has 1 aliphatic heterocycles. The average Bonchev–Trinajstić information content (AvgIpc) is 2.63. The number of rotatable bonds is 2. The highest BCUT2D eigenvalue weighted by atomic mass is 16.5. The number of aromatic nitrogens is 1. The van der Waals surface area contributed by atoms with Crippen LogP contribution in [0.5, 0.6) is 0 Å². The van der Waals surface area contributed by atoms with Gasteiger partial charge < -0.3 is 15.4 Å². The van der Waals surface area contributed by atoms with Crippen LogP contribution in [0.25, 0.3) is 0 Å². The first kappa shape index (κ1) is 12.8. The van der Waals surface area contributed by atoms with Crippen LogP contribution in [0.2, 0.25) is 0 Å². The van der Waals surface area contributed by atoms with E-state index in [1.165, 1.54) is 0 Å². The van der Waals surface area contributed by atoms with Crippen LogP contribution in [0.1, 0.15) is 30.1 Å². The molecule has 0 spiro atoms. The highest BCUT2D eigenvalue weighted by Gasteiger charge is 2.22. The Balaban J connectivity index is 2.12. The molecule has 1 aliphatic rings. The quantitative estimate of drug-likeness (QED) is 0.858. The summed E-state index contributed by atoms with van der Waals surface area (Å²) >= 11 is 0. The SMILES string of the molecule is CCC1CN(C(=O)c2ccnc(N)c2)CCCO1. The molecule has 98 valence electrons. The molecule has 0 aromatic carbocycles. The maximum Gasteiger partial charge on any atom is 0.254 e. The van der Waals surface area contributed by atoms with Gasteiger partial charge in [0, 0.05) is 31.5 Å². The summed E-state index contributed by atoms with van der Waals surface area (Å²) in [6.45, 7) is 4.18. The van der Waals surface area contributed by atoms with E-state index in [2.05, 4.69) is 11.9 Å². The number of hydrogen-bond acceptors (Lipinski definition) is 4. The average molecular weight is 249 g/mol. The molecule has 1 aromatic rings. The summed E-state index contributed by atoms with van der Waals surface area (Å²) in [6.07, 6.45) is 3.50. The molecule has 1 saturated heterocycles. The molecule has 1 aromatic heterocycles. The van der Waals surface area contributed by atoms with Gasteiger partial charge in [-0.1, -0.05) is 6.92 Å². The van der Waals surface area contributed by atoms with Crippen LogP contribution in [-0.2, 0) is 4.74 Å². The largest absolute Gasteiger partial charge is 0.384 e. The summed E-state index contributed by atoms with van der Waals surface area (Å²) in [4.78, 5) is 18.1. The molecule has 1 fully saturated rings. The second kappa shape index (κ2) is 5.82. The van der Waals surface area contributed by atoms with Crippen LogP contribution in [-0.4, -0.2) is 41.6 Å². The number of hydrogen-bond donors (Lipinski definition) is 1. The molecule has 2 heterocycles. The Morgan fingerprint density at radius 2 is 2.50 bits per heavy atom. The number of carbonyl (C=O) groups is 1. The second-order valence-corrected chi connectivity index (χ2v) is 4.48. The van der Waals surface area contributed by atoms with Gasteiger partial charge in [-0.15, -0.1) is 0 Å². The van der Waals surface area contributed by atoms with Gasteiger partial charge >= 0.3 is 0 Å². The lowest BCUT2D eigenvalue weighted by Crippen LogP contribution is -2.36. The van der Waals surface area contributed by atoms with E-state index < -0.39 is 0 Å². The summed E-state index contributed by atoms with van der Waals surface area (Å²) in [7, 11) is 0. The van der Waals surface area contributed by atoms with Gasteiger partial charge in [0.1, 0.15) is 5.82 Å². The zero-order valence-electron chi connectivity index (χ0n) is 10.6. The third-order valence-electron chi connectivity index (χ3n) is 3.12. The Bertz CT molecular complexity index is 422. The van der Waals surface area contributed by atoms with Crippen molar-refractivity contribution in [3.05, 3.63) is 23.9 Å². The monoisotopic (exact) mass is 249 g/mol. The summed E-state index contributed by atoms with van der Waals surface area (Å²) in [5.41, 5.74) is 6.20. The molecule has 0 aliphatic carbocycles. The van der Waals surface area contributed by atoms with E-state index in [4.69, 9.17) is 10.5 Å². The van der Waals surface area contributed by atoms with Crippen molar-refractivity contribution >= 4 is 11.7 Å². The second-order valence-electron chi connectivity index (χ2n) is 4.48. The maximum atomic E-state index is 12.4. The van der Waals surface area contributed by atoms with Crippen LogP contribution >= 0.6 is 0 Å². The smallest absolute Gasteiger partial charge is 0.254 e. The molecule has 2 rings (SSSR count). The number of amides is 1. The fraction of sp³-hybridized carbons (Fsp3) is 0.538. The molecular weight excluding hydrogens is 230 g/mol. The molecule has 0 bridgehead atoms. The lowest BCUT2D eigenvalue weighted by atomic mass is 10.2. The topological polar surface area (TPSA) is 68.5 Å². The van der Waals surface area contributed by atoms with Gasteiger partial charge in [0.2, 0.25) is 0 Å². The third kappa shape index (κ3) is 2.98. The van der Waals surface area contributed by atoms with E-state index in [0.29, 0.717) is 17.9 Å². The Morgan fingerprint density at radius 3 is 3.22 bits per heavy atom. The zero-order chi connectivity index (χ0) is 13.0. The van der Waals surface area contributed by atoms with E-state index >= 15 is 0 Å². The molecule has 2 N–H and O–H groups in total. The molecule has 1 amide bonds. The standard InChI is InChI=1S/C13H19N3O2/c1-2-11-9-16(6-3-7-18-11)13(17)10-4-5-15-12(14)8-10/h4-5,8,11H,2-3,6-7,9H2,1H3,(H2,14,15). The van der Waals surface area contributed by atoms with Crippen molar-refractivity contribution in [2.45, 2.75) is 25.9 Å². The van der Waals surface area contributed by atoms with Gasteiger partial charge in [-0.05, 0) is 25.0 Å². The van der Waals surface area contributed by atoms with E-state index in [1.54, 1.807) is 18.3 Å². The fourth-order valence-electron chi connectivity index (χ4n) is 2.09.